The number of rotatable bonds is 7. The number of hydrogen-bond acceptors (Lipinski definition) is 6. The summed E-state index contributed by atoms with van der Waals surface area (Å²) in [5.41, 5.74) is -1.88. The Morgan fingerprint density at radius 2 is 1.72 bits per heavy atom. The van der Waals surface area contributed by atoms with Crippen LogP contribution in [-0.2, 0) is 17.1 Å². The first kappa shape index (κ1) is 31.5. The summed E-state index contributed by atoms with van der Waals surface area (Å²) in [6, 6.07) is 8.12. The van der Waals surface area contributed by atoms with E-state index in [2.05, 4.69) is 21.5 Å². The maximum atomic E-state index is 14.7. The van der Waals surface area contributed by atoms with Gasteiger partial charge in [0.1, 0.15) is 17.6 Å². The molecule has 0 bridgehead atoms. The normalized spacial score (nSPS) is 15.2. The number of methoxy groups -OCH3 is 1. The molecule has 4 rings (SSSR count). The summed E-state index contributed by atoms with van der Waals surface area (Å²) in [5.74, 6) is -0.320. The second kappa shape index (κ2) is 12.1. The topological polar surface area (TPSA) is 50.1 Å². The minimum absolute atomic E-state index is 0.0610. The molecule has 1 aromatic heterocycles. The fourth-order valence-corrected chi connectivity index (χ4v) is 4.68. The van der Waals surface area contributed by atoms with Gasteiger partial charge in [-0.3, -0.25) is 4.98 Å². The molecule has 0 amide bonds. The van der Waals surface area contributed by atoms with Crippen molar-refractivity contribution in [1.29, 1.82) is 0 Å². The third kappa shape index (κ3) is 6.66. The number of aromatic nitrogens is 1. The lowest BCUT2D eigenvalue weighted by atomic mass is 9.99. The summed E-state index contributed by atoms with van der Waals surface area (Å²) in [6.45, 7) is 5.36. The van der Waals surface area contributed by atoms with Crippen LogP contribution in [0.2, 0.25) is 0 Å². The van der Waals surface area contributed by atoms with Crippen LogP contribution in [0.1, 0.15) is 33.9 Å². The molecule has 0 N–H and O–H groups in total. The Bertz CT molecular complexity index is 1660. The number of aryl methyl sites for hydroxylation is 1. The average Bonchev–Trinajstić information content (AvgIpc) is 3.35. The molecule has 1 aliphatic rings. The fraction of sp³-hybridized carbons (Fsp3) is 0.200. The van der Waals surface area contributed by atoms with Gasteiger partial charge in [0.2, 0.25) is 0 Å². The van der Waals surface area contributed by atoms with Crippen molar-refractivity contribution in [3.63, 3.8) is 0 Å². The van der Waals surface area contributed by atoms with E-state index in [1.807, 2.05) is 0 Å². The third-order valence-electron chi connectivity index (χ3n) is 6.53. The van der Waals surface area contributed by atoms with Crippen LogP contribution < -0.4 is 0 Å². The van der Waals surface area contributed by atoms with Gasteiger partial charge in [0.05, 0.1) is 35.2 Å². The average molecular weight is 621 g/mol. The first-order valence-electron chi connectivity index (χ1n) is 12.5. The van der Waals surface area contributed by atoms with Crippen LogP contribution >= 0.6 is 12.2 Å². The molecule has 0 spiro atoms. The van der Waals surface area contributed by atoms with Gasteiger partial charge in [-0.2, -0.15) is 26.3 Å². The van der Waals surface area contributed by atoms with E-state index in [-0.39, 0.29) is 28.2 Å². The molecular formula is C30H23F7N4OS. The number of thiocarbonyl (C=S) groups is 1. The highest BCUT2D eigenvalue weighted by Crippen LogP contribution is 2.40. The zero-order chi connectivity index (χ0) is 31.7. The lowest BCUT2D eigenvalue weighted by Gasteiger charge is -2.27. The van der Waals surface area contributed by atoms with Crippen LogP contribution in [0.5, 0.6) is 0 Å². The quantitative estimate of drug-likeness (QED) is 0.198. The number of pyridine rings is 1. The Kier molecular flexibility index (Phi) is 8.86. The predicted octanol–water partition coefficient (Wildman–Crippen LogP) is 8.11. The molecule has 224 valence electrons. The molecule has 0 fully saturated rings. The Balaban J connectivity index is 1.71. The zero-order valence-corrected chi connectivity index (χ0v) is 23.7. The molecule has 5 nitrogen and oxygen atoms in total. The number of amidine groups is 1. The predicted molar refractivity (Wildman–Crippen MR) is 153 cm³/mol. The molecule has 1 unspecified atom stereocenters. The minimum Gasteiger partial charge on any atom is -0.488 e. The summed E-state index contributed by atoms with van der Waals surface area (Å²) in [4.78, 5) is 14.6. The Labute approximate surface area is 247 Å². The van der Waals surface area contributed by atoms with Gasteiger partial charge in [-0.05, 0) is 55.0 Å². The summed E-state index contributed by atoms with van der Waals surface area (Å²) in [6.07, 6.45) is -5.73. The largest absolute Gasteiger partial charge is 0.488 e. The van der Waals surface area contributed by atoms with Gasteiger partial charge >= 0.3 is 12.4 Å². The lowest BCUT2D eigenvalue weighted by molar-refractivity contribution is -0.142. The summed E-state index contributed by atoms with van der Waals surface area (Å²) in [5, 5.41) is 0.0726. The number of allylic oxidation sites excluding steroid dienone is 1. The van der Waals surface area contributed by atoms with Crippen LogP contribution in [0.4, 0.5) is 30.7 Å². The molecule has 2 aromatic carbocycles. The summed E-state index contributed by atoms with van der Waals surface area (Å²) in [7, 11) is 2.98. The maximum Gasteiger partial charge on any atom is 0.417 e. The van der Waals surface area contributed by atoms with Crippen molar-refractivity contribution in [2.24, 2.45) is 9.98 Å². The van der Waals surface area contributed by atoms with E-state index in [4.69, 9.17) is 17.0 Å². The molecule has 13 heteroatoms. The van der Waals surface area contributed by atoms with Gasteiger partial charge in [0.15, 0.2) is 10.9 Å². The van der Waals surface area contributed by atoms with Gasteiger partial charge in [-0.15, -0.1) is 0 Å². The highest BCUT2D eigenvalue weighted by molar-refractivity contribution is 7.80. The Morgan fingerprint density at radius 3 is 2.30 bits per heavy atom. The summed E-state index contributed by atoms with van der Waals surface area (Å²) >= 11 is 5.40. The number of ether oxygens (including phenoxy) is 1. The maximum absolute atomic E-state index is 14.7. The highest BCUT2D eigenvalue weighted by atomic mass is 32.1. The number of hydrogen-bond donors (Lipinski definition) is 0. The van der Waals surface area contributed by atoms with Crippen molar-refractivity contribution < 1.29 is 35.5 Å². The molecule has 1 aliphatic heterocycles. The number of aliphatic imine (C=N–C) groups is 2. The SMILES string of the molecule is C=CC1=NC(c2cccc(C)c2F)=N/C1=C/N(C)C(C(=S)OC)c1ccc(-c2ccc(C(F)(F)F)cc2C(F)(F)F)nc1. The molecule has 0 radical (unpaired) electrons. The number of likely N-dealkylation sites (N-methyl/N-ethyl adjacent to an activating group) is 1. The van der Waals surface area contributed by atoms with Crippen molar-refractivity contribution in [3.8, 4) is 11.3 Å². The highest BCUT2D eigenvalue weighted by Gasteiger charge is 2.38. The molecule has 0 saturated heterocycles. The smallest absolute Gasteiger partial charge is 0.417 e. The molecule has 0 aliphatic carbocycles. The van der Waals surface area contributed by atoms with E-state index >= 15 is 0 Å². The molecular weight excluding hydrogens is 597 g/mol. The van der Waals surface area contributed by atoms with E-state index in [1.165, 1.54) is 31.5 Å². The first-order valence-corrected chi connectivity index (χ1v) is 12.9. The summed E-state index contributed by atoms with van der Waals surface area (Å²) < 4.78 is 100. The zero-order valence-electron chi connectivity index (χ0n) is 22.9. The van der Waals surface area contributed by atoms with Crippen molar-refractivity contribution in [2.75, 3.05) is 14.2 Å². The fourth-order valence-electron chi connectivity index (χ4n) is 4.37. The van der Waals surface area contributed by atoms with E-state index in [0.29, 0.717) is 28.6 Å². The van der Waals surface area contributed by atoms with E-state index in [0.717, 1.165) is 6.07 Å². The number of benzene rings is 2. The molecule has 3 aromatic rings. The van der Waals surface area contributed by atoms with Crippen molar-refractivity contribution >= 4 is 28.8 Å². The van der Waals surface area contributed by atoms with Gasteiger partial charge in [-0.1, -0.05) is 30.8 Å². The number of halogens is 7. The molecule has 2 heterocycles. The molecule has 1 atom stereocenters. The van der Waals surface area contributed by atoms with Crippen molar-refractivity contribution in [3.05, 3.63) is 113 Å². The monoisotopic (exact) mass is 620 g/mol. The van der Waals surface area contributed by atoms with Crippen LogP contribution in [0, 0.1) is 12.7 Å². The van der Waals surface area contributed by atoms with Crippen molar-refractivity contribution in [2.45, 2.75) is 25.3 Å². The van der Waals surface area contributed by atoms with Crippen LogP contribution in [0.15, 0.2) is 89.3 Å². The van der Waals surface area contributed by atoms with Crippen molar-refractivity contribution in [1.82, 2.24) is 9.88 Å². The van der Waals surface area contributed by atoms with Crippen LogP contribution in [-0.4, -0.2) is 40.6 Å². The van der Waals surface area contributed by atoms with Gasteiger partial charge in [0.25, 0.3) is 0 Å². The Morgan fingerprint density at radius 1 is 1.00 bits per heavy atom. The minimum atomic E-state index is -5.06. The van der Waals surface area contributed by atoms with E-state index < -0.39 is 40.9 Å². The first-order chi connectivity index (χ1) is 20.1. The number of alkyl halides is 6. The van der Waals surface area contributed by atoms with Crippen LogP contribution in [0.25, 0.3) is 11.3 Å². The number of nitrogens with zero attached hydrogens (tertiary/aromatic N) is 4. The van der Waals surface area contributed by atoms with Crippen LogP contribution in [0.3, 0.4) is 0 Å². The Hall–Kier alpha value is -4.39. The van der Waals surface area contributed by atoms with Gasteiger partial charge in [-0.25, -0.2) is 14.4 Å². The second-order valence-electron chi connectivity index (χ2n) is 9.41. The lowest BCUT2D eigenvalue weighted by Crippen LogP contribution is -2.27. The van der Waals surface area contributed by atoms with Gasteiger partial charge < -0.3 is 9.64 Å². The molecule has 0 saturated carbocycles. The molecule has 43 heavy (non-hydrogen) atoms. The van der Waals surface area contributed by atoms with E-state index in [9.17, 15) is 30.7 Å². The van der Waals surface area contributed by atoms with E-state index in [1.54, 1.807) is 43.3 Å². The third-order valence-corrected chi connectivity index (χ3v) is 6.92. The second-order valence-corrected chi connectivity index (χ2v) is 9.81. The van der Waals surface area contributed by atoms with Gasteiger partial charge in [0, 0.05) is 30.6 Å². The standard InChI is InChI=1S/C30H23F7N4OS/c1-5-22-24(40-27(39-22)20-8-6-7-16(2)25(20)31)15-41(3)26(28(43)42-4)17-9-12-23(38-14-17)19-11-10-18(29(32,33)34)13-21(19)30(35,36)37/h5-15,26H,1H2,2-4H3/b24-15+.